The monoisotopic (exact) mass is 252 g/mol. The summed E-state index contributed by atoms with van der Waals surface area (Å²) in [5.74, 6) is 0.619. The molecule has 1 aromatic rings. The maximum absolute atomic E-state index is 12.0. The Morgan fingerprint density at radius 2 is 2.41 bits per heavy atom. The van der Waals surface area contributed by atoms with Crippen LogP contribution in [0, 0.1) is 5.92 Å². The van der Waals surface area contributed by atoms with Crippen molar-refractivity contribution in [1.29, 1.82) is 0 Å². The van der Waals surface area contributed by atoms with Gasteiger partial charge < -0.3 is 10.6 Å². The van der Waals surface area contributed by atoms with Crippen molar-refractivity contribution in [1.82, 2.24) is 4.90 Å². The minimum atomic E-state index is 0.223. The topological polar surface area (TPSA) is 46.3 Å². The molecule has 3 nitrogen and oxygen atoms in total. The third-order valence-corrected chi connectivity index (χ3v) is 4.41. The summed E-state index contributed by atoms with van der Waals surface area (Å²) >= 11 is 1.69. The smallest absolute Gasteiger partial charge is 0.222 e. The molecule has 0 aromatic carbocycles. The first-order chi connectivity index (χ1) is 8.16. The maximum Gasteiger partial charge on any atom is 0.222 e. The van der Waals surface area contributed by atoms with Crippen molar-refractivity contribution in [2.75, 3.05) is 7.05 Å². The van der Waals surface area contributed by atoms with Gasteiger partial charge in [0.1, 0.15) is 0 Å². The molecule has 1 aliphatic carbocycles. The fourth-order valence-corrected chi connectivity index (χ4v) is 3.18. The lowest BCUT2D eigenvalue weighted by atomic mass is 9.99. The van der Waals surface area contributed by atoms with Gasteiger partial charge in [-0.05, 0) is 30.2 Å². The lowest BCUT2D eigenvalue weighted by molar-refractivity contribution is -0.131. The van der Waals surface area contributed by atoms with E-state index in [2.05, 4.69) is 6.07 Å². The molecule has 2 atom stereocenters. The van der Waals surface area contributed by atoms with Crippen LogP contribution in [0.15, 0.2) is 17.5 Å². The van der Waals surface area contributed by atoms with Gasteiger partial charge in [-0.1, -0.05) is 12.5 Å². The molecule has 0 unspecified atom stereocenters. The molecule has 17 heavy (non-hydrogen) atoms. The second-order valence-corrected chi connectivity index (χ2v) is 5.92. The van der Waals surface area contributed by atoms with E-state index in [4.69, 9.17) is 5.73 Å². The van der Waals surface area contributed by atoms with E-state index in [1.165, 1.54) is 11.3 Å². The Morgan fingerprint density at radius 1 is 1.59 bits per heavy atom. The van der Waals surface area contributed by atoms with Gasteiger partial charge in [-0.3, -0.25) is 4.79 Å². The van der Waals surface area contributed by atoms with Gasteiger partial charge in [-0.2, -0.15) is 0 Å². The normalized spacial score (nSPS) is 23.9. The van der Waals surface area contributed by atoms with Gasteiger partial charge in [0.2, 0.25) is 5.91 Å². The molecule has 0 saturated heterocycles. The molecule has 2 N–H and O–H groups in total. The van der Waals surface area contributed by atoms with Crippen LogP contribution in [0.3, 0.4) is 0 Å². The fourth-order valence-electron chi connectivity index (χ4n) is 2.42. The summed E-state index contributed by atoms with van der Waals surface area (Å²) in [7, 11) is 1.88. The molecule has 2 rings (SSSR count). The molecule has 1 fully saturated rings. The summed E-state index contributed by atoms with van der Waals surface area (Å²) in [6, 6.07) is 4.31. The predicted molar refractivity (Wildman–Crippen MR) is 70.7 cm³/mol. The fraction of sp³-hybridized carbons (Fsp3) is 0.615. The third-order valence-electron chi connectivity index (χ3n) is 3.55. The van der Waals surface area contributed by atoms with Crippen LogP contribution >= 0.6 is 11.3 Å². The summed E-state index contributed by atoms with van der Waals surface area (Å²) < 4.78 is 0. The van der Waals surface area contributed by atoms with E-state index in [0.717, 1.165) is 19.4 Å². The highest BCUT2D eigenvalue weighted by atomic mass is 32.1. The van der Waals surface area contributed by atoms with Gasteiger partial charge in [-0.25, -0.2) is 0 Å². The van der Waals surface area contributed by atoms with E-state index in [0.29, 0.717) is 12.3 Å². The molecule has 0 aliphatic heterocycles. The minimum absolute atomic E-state index is 0.223. The van der Waals surface area contributed by atoms with Gasteiger partial charge in [0, 0.05) is 24.4 Å². The highest BCUT2D eigenvalue weighted by Crippen LogP contribution is 2.27. The van der Waals surface area contributed by atoms with Crippen LogP contribution in [0.4, 0.5) is 0 Å². The molecular weight excluding hydrogens is 232 g/mol. The number of hydrogen-bond donors (Lipinski definition) is 1. The van der Waals surface area contributed by atoms with E-state index >= 15 is 0 Å². The first-order valence-corrected chi connectivity index (χ1v) is 7.06. The molecule has 0 spiro atoms. The molecule has 0 bridgehead atoms. The number of rotatable bonds is 4. The average Bonchev–Trinajstić information content (AvgIpc) is 2.91. The van der Waals surface area contributed by atoms with Gasteiger partial charge in [0.25, 0.3) is 0 Å². The third kappa shape index (κ3) is 3.30. The van der Waals surface area contributed by atoms with E-state index in [9.17, 15) is 4.79 Å². The Balaban J connectivity index is 1.83. The van der Waals surface area contributed by atoms with Crippen LogP contribution in [-0.2, 0) is 11.3 Å². The zero-order valence-electron chi connectivity index (χ0n) is 10.3. The Bertz CT molecular complexity index is 364. The Labute approximate surface area is 107 Å². The number of amides is 1. The van der Waals surface area contributed by atoms with Crippen LogP contribution in [0.25, 0.3) is 0 Å². The number of hydrogen-bond acceptors (Lipinski definition) is 3. The second kappa shape index (κ2) is 5.65. The van der Waals surface area contributed by atoms with Crippen LogP contribution in [0.1, 0.15) is 30.6 Å². The molecule has 1 heterocycles. The summed E-state index contributed by atoms with van der Waals surface area (Å²) in [6.45, 7) is 0.721. The van der Waals surface area contributed by atoms with E-state index < -0.39 is 0 Å². The van der Waals surface area contributed by atoms with Gasteiger partial charge in [0.15, 0.2) is 0 Å². The Kier molecular flexibility index (Phi) is 4.18. The first-order valence-electron chi connectivity index (χ1n) is 6.18. The molecule has 4 heteroatoms. The largest absolute Gasteiger partial charge is 0.341 e. The number of nitrogens with two attached hydrogens (primary N) is 1. The SMILES string of the molecule is CN(Cc1cccs1)C(=O)C[C@@H]1CCC[C@H]1N. The number of carbonyl (C=O) groups excluding carboxylic acids is 1. The average molecular weight is 252 g/mol. The number of thiophene rings is 1. The quantitative estimate of drug-likeness (QED) is 0.893. The second-order valence-electron chi connectivity index (χ2n) is 4.89. The van der Waals surface area contributed by atoms with Crippen LogP contribution in [0.2, 0.25) is 0 Å². The Hall–Kier alpha value is -0.870. The zero-order chi connectivity index (χ0) is 12.3. The molecule has 1 amide bonds. The van der Waals surface area contributed by atoms with Crippen molar-refractivity contribution < 1.29 is 4.79 Å². The number of nitrogens with zero attached hydrogens (tertiary/aromatic N) is 1. The van der Waals surface area contributed by atoms with E-state index in [1.54, 1.807) is 11.3 Å². The summed E-state index contributed by atoms with van der Waals surface area (Å²) in [5, 5.41) is 2.04. The number of carbonyl (C=O) groups is 1. The van der Waals surface area contributed by atoms with Crippen molar-refractivity contribution in [2.45, 2.75) is 38.3 Å². The highest BCUT2D eigenvalue weighted by molar-refractivity contribution is 7.09. The predicted octanol–water partition coefficient (Wildman–Crippen LogP) is 2.22. The zero-order valence-corrected chi connectivity index (χ0v) is 11.1. The van der Waals surface area contributed by atoms with Crippen LogP contribution in [0.5, 0.6) is 0 Å². The summed E-state index contributed by atoms with van der Waals surface area (Å²) in [4.78, 5) is 15.1. The maximum atomic E-state index is 12.0. The molecule has 1 aromatic heterocycles. The minimum Gasteiger partial charge on any atom is -0.341 e. The van der Waals surface area contributed by atoms with E-state index in [-0.39, 0.29) is 11.9 Å². The molecule has 1 aliphatic rings. The van der Waals surface area contributed by atoms with Crippen molar-refractivity contribution >= 4 is 17.2 Å². The first kappa shape index (κ1) is 12.6. The lowest BCUT2D eigenvalue weighted by Crippen LogP contribution is -2.32. The van der Waals surface area contributed by atoms with Crippen molar-refractivity contribution in [3.8, 4) is 0 Å². The van der Waals surface area contributed by atoms with Crippen molar-refractivity contribution in [3.63, 3.8) is 0 Å². The Morgan fingerprint density at radius 3 is 3.00 bits per heavy atom. The van der Waals surface area contributed by atoms with Crippen LogP contribution in [-0.4, -0.2) is 23.9 Å². The van der Waals surface area contributed by atoms with Crippen molar-refractivity contribution in [3.05, 3.63) is 22.4 Å². The van der Waals surface area contributed by atoms with Gasteiger partial charge >= 0.3 is 0 Å². The standard InChI is InChI=1S/C13H20N2OS/c1-15(9-11-5-3-7-17-11)13(16)8-10-4-2-6-12(10)14/h3,5,7,10,12H,2,4,6,8-9,14H2,1H3/t10-,12+/m0/s1. The molecule has 0 radical (unpaired) electrons. The van der Waals surface area contributed by atoms with Gasteiger partial charge in [0.05, 0.1) is 6.54 Å². The summed E-state index contributed by atoms with van der Waals surface area (Å²) in [6.07, 6.45) is 3.98. The molecular formula is C13H20N2OS. The highest BCUT2D eigenvalue weighted by Gasteiger charge is 2.27. The van der Waals surface area contributed by atoms with Gasteiger partial charge in [-0.15, -0.1) is 11.3 Å². The van der Waals surface area contributed by atoms with Crippen molar-refractivity contribution in [2.24, 2.45) is 11.7 Å². The molecule has 1 saturated carbocycles. The lowest BCUT2D eigenvalue weighted by Gasteiger charge is -2.20. The summed E-state index contributed by atoms with van der Waals surface area (Å²) in [5.41, 5.74) is 5.99. The molecule has 94 valence electrons. The van der Waals surface area contributed by atoms with E-state index in [1.807, 2.05) is 23.4 Å². The van der Waals surface area contributed by atoms with Crippen LogP contribution < -0.4 is 5.73 Å².